The Morgan fingerprint density at radius 2 is 2.09 bits per heavy atom. The molecule has 2 saturated carbocycles. The lowest BCUT2D eigenvalue weighted by molar-refractivity contribution is -0.164. The van der Waals surface area contributed by atoms with Crippen LogP contribution in [0.5, 0.6) is 0 Å². The van der Waals surface area contributed by atoms with Gasteiger partial charge < -0.3 is 5.11 Å². The van der Waals surface area contributed by atoms with Gasteiger partial charge in [0.15, 0.2) is 0 Å². The second-order valence-corrected chi connectivity index (χ2v) is 7.77. The molecule has 2 aliphatic rings. The number of carboxylic acids is 1. The molecule has 122 valence electrons. The minimum atomic E-state index is -0.618. The van der Waals surface area contributed by atoms with Gasteiger partial charge in [-0.25, -0.2) is 0 Å². The van der Waals surface area contributed by atoms with E-state index in [4.69, 9.17) is 0 Å². The number of hydrogen-bond donors (Lipinski definition) is 1. The molecule has 0 aliphatic heterocycles. The first-order chi connectivity index (χ1) is 10.3. The first-order valence-electron chi connectivity index (χ1n) is 8.46. The van der Waals surface area contributed by atoms with Gasteiger partial charge in [0.25, 0.3) is 0 Å². The average Bonchev–Trinajstić information content (AvgIpc) is 2.45. The minimum Gasteiger partial charge on any atom is -0.481 e. The van der Waals surface area contributed by atoms with Crippen molar-refractivity contribution in [3.8, 4) is 0 Å². The van der Waals surface area contributed by atoms with Gasteiger partial charge in [-0.1, -0.05) is 49.8 Å². The highest BCUT2D eigenvalue weighted by atomic mass is 16.4. The van der Waals surface area contributed by atoms with Crippen molar-refractivity contribution in [1.29, 1.82) is 0 Å². The highest BCUT2D eigenvalue weighted by Crippen LogP contribution is 2.61. The highest BCUT2D eigenvalue weighted by Gasteiger charge is 2.57. The average molecular weight is 302 g/mol. The normalized spacial score (nSPS) is 39.2. The third kappa shape index (κ3) is 2.68. The van der Waals surface area contributed by atoms with Gasteiger partial charge in [0.2, 0.25) is 0 Å². The van der Waals surface area contributed by atoms with Gasteiger partial charge in [0.1, 0.15) is 0 Å². The van der Waals surface area contributed by atoms with Gasteiger partial charge >= 0.3 is 5.97 Å². The zero-order valence-electron chi connectivity index (χ0n) is 14.3. The molecule has 2 nitrogen and oxygen atoms in total. The third-order valence-corrected chi connectivity index (χ3v) is 6.51. The summed E-state index contributed by atoms with van der Waals surface area (Å²) < 4.78 is 0. The number of aliphatic carboxylic acids is 1. The van der Waals surface area contributed by atoms with E-state index in [-0.39, 0.29) is 11.3 Å². The molecule has 2 aliphatic carbocycles. The summed E-state index contributed by atoms with van der Waals surface area (Å²) >= 11 is 0. The lowest BCUT2D eigenvalue weighted by Gasteiger charge is -2.57. The first kappa shape index (κ1) is 17.1. The number of rotatable bonds is 4. The van der Waals surface area contributed by atoms with E-state index in [1.807, 2.05) is 13.0 Å². The molecule has 22 heavy (non-hydrogen) atoms. The zero-order valence-corrected chi connectivity index (χ0v) is 14.3. The number of carbonyl (C=O) groups is 1. The van der Waals surface area contributed by atoms with Crippen LogP contribution in [-0.4, -0.2) is 11.1 Å². The third-order valence-electron chi connectivity index (χ3n) is 6.51. The second-order valence-electron chi connectivity index (χ2n) is 7.77. The fourth-order valence-corrected chi connectivity index (χ4v) is 5.03. The topological polar surface area (TPSA) is 37.3 Å². The molecular formula is C20H30O2. The quantitative estimate of drug-likeness (QED) is 0.559. The van der Waals surface area contributed by atoms with Crippen molar-refractivity contribution in [3.05, 3.63) is 36.5 Å². The summed E-state index contributed by atoms with van der Waals surface area (Å²) in [7, 11) is 0. The maximum Gasteiger partial charge on any atom is 0.309 e. The van der Waals surface area contributed by atoms with Crippen molar-refractivity contribution < 1.29 is 9.90 Å². The molecule has 0 aromatic rings. The van der Waals surface area contributed by atoms with Crippen molar-refractivity contribution >= 4 is 5.97 Å². The van der Waals surface area contributed by atoms with E-state index in [1.165, 1.54) is 11.1 Å². The molecule has 0 aromatic heterocycles. The predicted molar refractivity (Wildman–Crippen MR) is 91.6 cm³/mol. The van der Waals surface area contributed by atoms with Crippen LogP contribution in [0.25, 0.3) is 0 Å². The van der Waals surface area contributed by atoms with Gasteiger partial charge in [-0.2, -0.15) is 0 Å². The van der Waals surface area contributed by atoms with Gasteiger partial charge in [-0.3, -0.25) is 4.79 Å². The van der Waals surface area contributed by atoms with Crippen LogP contribution in [0.4, 0.5) is 0 Å². The minimum absolute atomic E-state index is 0.0542. The van der Waals surface area contributed by atoms with Gasteiger partial charge in [0.05, 0.1) is 5.41 Å². The van der Waals surface area contributed by atoms with Crippen LogP contribution in [-0.2, 0) is 4.79 Å². The molecule has 0 radical (unpaired) electrons. The lowest BCUT2D eigenvalue weighted by Crippen LogP contribution is -2.53. The SMILES string of the molecule is C=C/C(C)=C/C[C@H]1C(=C)CC[C@@H]2[C@@]1(C)CCC[C@@]2(C)C(=O)O. The molecule has 2 rings (SSSR count). The fourth-order valence-electron chi connectivity index (χ4n) is 5.03. The summed E-state index contributed by atoms with van der Waals surface area (Å²) in [5.74, 6) is 0.0202. The predicted octanol–water partition coefficient (Wildman–Crippen LogP) is 5.37. The van der Waals surface area contributed by atoms with Gasteiger partial charge in [-0.15, -0.1) is 0 Å². The Morgan fingerprint density at radius 1 is 1.41 bits per heavy atom. The number of carboxylic acid groups (broad SMARTS) is 1. The Bertz CT molecular complexity index is 516. The largest absolute Gasteiger partial charge is 0.481 e. The van der Waals surface area contributed by atoms with Crippen molar-refractivity contribution in [2.75, 3.05) is 0 Å². The zero-order chi connectivity index (χ0) is 16.5. The molecule has 0 aromatic carbocycles. The molecule has 0 saturated heterocycles. The number of fused-ring (bicyclic) bond motifs is 1. The van der Waals surface area contributed by atoms with Crippen molar-refractivity contribution in [2.45, 2.75) is 59.3 Å². The Labute approximate surface area is 135 Å². The van der Waals surface area contributed by atoms with E-state index in [0.717, 1.165) is 38.5 Å². The molecule has 0 unspecified atom stereocenters. The van der Waals surface area contributed by atoms with Crippen LogP contribution in [0.1, 0.15) is 59.3 Å². The molecule has 0 amide bonds. The van der Waals surface area contributed by atoms with Crippen LogP contribution in [0.3, 0.4) is 0 Å². The molecule has 0 heterocycles. The summed E-state index contributed by atoms with van der Waals surface area (Å²) in [4.78, 5) is 11.9. The van der Waals surface area contributed by atoms with Crippen LogP contribution < -0.4 is 0 Å². The van der Waals surface area contributed by atoms with Gasteiger partial charge in [-0.05, 0) is 63.2 Å². The van der Waals surface area contributed by atoms with Crippen LogP contribution in [0.2, 0.25) is 0 Å². The Kier molecular flexibility index (Phi) is 4.70. The molecule has 1 N–H and O–H groups in total. The van der Waals surface area contributed by atoms with E-state index in [2.05, 4.69) is 33.1 Å². The van der Waals surface area contributed by atoms with E-state index < -0.39 is 11.4 Å². The van der Waals surface area contributed by atoms with E-state index in [0.29, 0.717) is 5.92 Å². The second kappa shape index (κ2) is 6.06. The van der Waals surface area contributed by atoms with E-state index in [1.54, 1.807) is 0 Å². The molecule has 0 spiro atoms. The maximum absolute atomic E-state index is 11.9. The summed E-state index contributed by atoms with van der Waals surface area (Å²) in [6, 6.07) is 0. The summed E-state index contributed by atoms with van der Waals surface area (Å²) in [6.45, 7) is 14.5. The smallest absolute Gasteiger partial charge is 0.309 e. The standard InChI is InChI=1S/C20H30O2/c1-6-14(2)8-10-16-15(3)9-11-17-19(16,4)12-7-13-20(17,5)18(21)22/h6,8,16-17H,1,3,7,9-13H2,2,4-5H3,(H,21,22)/b14-8+/t16-,17+,19-,20+/m0/s1. The summed E-state index contributed by atoms with van der Waals surface area (Å²) in [5, 5.41) is 9.81. The highest BCUT2D eigenvalue weighted by molar-refractivity contribution is 5.75. The monoisotopic (exact) mass is 302 g/mol. The molecule has 2 fully saturated rings. The molecule has 2 heteroatoms. The van der Waals surface area contributed by atoms with E-state index >= 15 is 0 Å². The lowest BCUT2D eigenvalue weighted by atomic mass is 9.46. The first-order valence-corrected chi connectivity index (χ1v) is 8.46. The van der Waals surface area contributed by atoms with Crippen LogP contribution >= 0.6 is 0 Å². The fraction of sp³-hybridized carbons (Fsp3) is 0.650. The molecular weight excluding hydrogens is 272 g/mol. The van der Waals surface area contributed by atoms with Crippen LogP contribution in [0, 0.1) is 22.7 Å². The molecule has 4 atom stereocenters. The Hall–Kier alpha value is -1.31. The van der Waals surface area contributed by atoms with Gasteiger partial charge in [0, 0.05) is 0 Å². The molecule has 0 bridgehead atoms. The van der Waals surface area contributed by atoms with Crippen LogP contribution in [0.15, 0.2) is 36.5 Å². The van der Waals surface area contributed by atoms with Crippen molar-refractivity contribution in [2.24, 2.45) is 22.7 Å². The van der Waals surface area contributed by atoms with Crippen molar-refractivity contribution in [3.63, 3.8) is 0 Å². The summed E-state index contributed by atoms with van der Waals surface area (Å²) in [5.41, 5.74) is 1.97. The Morgan fingerprint density at radius 3 is 2.68 bits per heavy atom. The van der Waals surface area contributed by atoms with E-state index in [9.17, 15) is 9.90 Å². The Balaban J connectivity index is 2.36. The van der Waals surface area contributed by atoms with Crippen molar-refractivity contribution in [1.82, 2.24) is 0 Å². The number of allylic oxidation sites excluding steroid dienone is 4. The number of hydrogen-bond acceptors (Lipinski definition) is 1. The maximum atomic E-state index is 11.9. The summed E-state index contributed by atoms with van der Waals surface area (Å²) in [6.07, 6.45) is 9.95.